The highest BCUT2D eigenvalue weighted by Gasteiger charge is 2.23. The molecule has 1 saturated heterocycles. The quantitative estimate of drug-likeness (QED) is 0.552. The molecule has 2 heterocycles. The van der Waals surface area contributed by atoms with E-state index in [0.717, 1.165) is 30.5 Å². The first-order valence-corrected chi connectivity index (χ1v) is 10.8. The maximum atomic E-state index is 13.0. The smallest absolute Gasteiger partial charge is 0.268 e. The molecule has 1 aliphatic heterocycles. The van der Waals surface area contributed by atoms with Gasteiger partial charge in [-0.1, -0.05) is 60.7 Å². The van der Waals surface area contributed by atoms with Crippen molar-refractivity contribution in [3.63, 3.8) is 0 Å². The number of likely N-dealkylation sites (tertiary alicyclic amines) is 1. The summed E-state index contributed by atoms with van der Waals surface area (Å²) in [5.74, 6) is 0.0443. The van der Waals surface area contributed by atoms with Crippen LogP contribution in [0.15, 0.2) is 72.9 Å². The minimum atomic E-state index is -0.165. The lowest BCUT2D eigenvalue weighted by molar-refractivity contribution is -0.127. The summed E-state index contributed by atoms with van der Waals surface area (Å²) < 4.78 is 1.94. The molecule has 2 aromatic carbocycles. The van der Waals surface area contributed by atoms with Crippen LogP contribution in [-0.2, 0) is 4.79 Å². The van der Waals surface area contributed by atoms with Gasteiger partial charge in [0.05, 0.1) is 11.7 Å². The van der Waals surface area contributed by atoms with Gasteiger partial charge in [-0.2, -0.15) is 0 Å². The number of nitrogens with zero attached hydrogens (tertiary/aromatic N) is 2. The van der Waals surface area contributed by atoms with Gasteiger partial charge in [-0.25, -0.2) is 0 Å². The molecule has 1 aliphatic rings. The van der Waals surface area contributed by atoms with Crippen molar-refractivity contribution < 1.29 is 9.59 Å². The molecule has 160 valence electrons. The Morgan fingerprint density at radius 1 is 1.03 bits per heavy atom. The van der Waals surface area contributed by atoms with E-state index in [2.05, 4.69) is 29.6 Å². The molecule has 0 spiro atoms. The Bertz CT molecular complexity index is 991. The van der Waals surface area contributed by atoms with Gasteiger partial charge in [0.1, 0.15) is 5.69 Å². The topological polar surface area (TPSA) is 80.4 Å². The van der Waals surface area contributed by atoms with E-state index in [1.807, 2.05) is 52.1 Å². The minimum Gasteiger partial charge on any atom is -0.397 e. The molecule has 1 fully saturated rings. The van der Waals surface area contributed by atoms with Crippen LogP contribution in [0.5, 0.6) is 0 Å². The van der Waals surface area contributed by atoms with Gasteiger partial charge in [-0.15, -0.1) is 0 Å². The van der Waals surface area contributed by atoms with Crippen LogP contribution >= 0.6 is 0 Å². The Labute approximate surface area is 182 Å². The monoisotopic (exact) mass is 416 g/mol. The second-order valence-corrected chi connectivity index (χ2v) is 7.88. The number of anilines is 1. The van der Waals surface area contributed by atoms with E-state index in [-0.39, 0.29) is 17.9 Å². The number of nitrogens with one attached hydrogen (secondary N) is 1. The standard InChI is InChI=1S/C25H28N4O2/c26-21-17-22(25(31)27-14-8-16-28-15-7-13-23(28)30)29(18-21)24(19-9-3-1-4-10-19)20-11-5-2-6-12-20/h1-6,9-12,17-18,24H,7-8,13-16,26H2,(H,27,31). The zero-order valence-electron chi connectivity index (χ0n) is 17.5. The summed E-state index contributed by atoms with van der Waals surface area (Å²) in [5.41, 5.74) is 9.34. The van der Waals surface area contributed by atoms with Gasteiger partial charge < -0.3 is 20.5 Å². The molecule has 0 saturated carbocycles. The van der Waals surface area contributed by atoms with E-state index in [4.69, 9.17) is 5.73 Å². The number of rotatable bonds is 8. The van der Waals surface area contributed by atoms with Gasteiger partial charge >= 0.3 is 0 Å². The second-order valence-electron chi connectivity index (χ2n) is 7.88. The predicted molar refractivity (Wildman–Crippen MR) is 122 cm³/mol. The van der Waals surface area contributed by atoms with Crippen LogP contribution in [0.3, 0.4) is 0 Å². The fraction of sp³-hybridized carbons (Fsp3) is 0.280. The summed E-state index contributed by atoms with van der Waals surface area (Å²) >= 11 is 0. The van der Waals surface area contributed by atoms with Gasteiger partial charge in [0.2, 0.25) is 5.91 Å². The molecule has 1 aromatic heterocycles. The molecule has 0 bridgehead atoms. The Morgan fingerprint density at radius 3 is 2.26 bits per heavy atom. The van der Waals surface area contributed by atoms with E-state index in [1.165, 1.54) is 0 Å². The number of nitrogen functional groups attached to an aromatic ring is 1. The molecule has 31 heavy (non-hydrogen) atoms. The van der Waals surface area contributed by atoms with Crippen LogP contribution in [0.4, 0.5) is 5.69 Å². The summed E-state index contributed by atoms with van der Waals surface area (Å²) in [6.45, 7) is 2.01. The van der Waals surface area contributed by atoms with E-state index in [9.17, 15) is 9.59 Å². The number of hydrogen-bond donors (Lipinski definition) is 2. The van der Waals surface area contributed by atoms with E-state index in [0.29, 0.717) is 30.9 Å². The SMILES string of the molecule is Nc1cc(C(=O)NCCCN2CCCC2=O)n(C(c2ccccc2)c2ccccc2)c1. The molecular weight excluding hydrogens is 388 g/mol. The van der Waals surface area contributed by atoms with E-state index < -0.39 is 0 Å². The minimum absolute atomic E-state index is 0.164. The van der Waals surface area contributed by atoms with Gasteiger partial charge in [-0.3, -0.25) is 9.59 Å². The largest absolute Gasteiger partial charge is 0.397 e. The number of carbonyl (C=O) groups is 2. The number of carbonyl (C=O) groups excluding carboxylic acids is 2. The molecule has 0 unspecified atom stereocenters. The summed E-state index contributed by atoms with van der Waals surface area (Å²) in [6, 6.07) is 21.7. The van der Waals surface area contributed by atoms with Crippen molar-refractivity contribution >= 4 is 17.5 Å². The molecular formula is C25H28N4O2. The number of hydrogen-bond acceptors (Lipinski definition) is 3. The van der Waals surface area contributed by atoms with E-state index >= 15 is 0 Å². The zero-order valence-corrected chi connectivity index (χ0v) is 17.5. The normalized spacial score (nSPS) is 13.7. The predicted octanol–water partition coefficient (Wildman–Crippen LogP) is 3.45. The van der Waals surface area contributed by atoms with Crippen LogP contribution in [0, 0.1) is 0 Å². The third-order valence-corrected chi connectivity index (χ3v) is 5.67. The third kappa shape index (κ3) is 4.79. The van der Waals surface area contributed by atoms with Gasteiger partial charge in [0.15, 0.2) is 0 Å². The van der Waals surface area contributed by atoms with Crippen molar-refractivity contribution in [2.45, 2.75) is 25.3 Å². The van der Waals surface area contributed by atoms with Crippen molar-refractivity contribution in [1.82, 2.24) is 14.8 Å². The Kier molecular flexibility index (Phi) is 6.36. The molecule has 0 radical (unpaired) electrons. The number of benzene rings is 2. The summed E-state index contributed by atoms with van der Waals surface area (Å²) in [4.78, 5) is 26.6. The number of nitrogens with two attached hydrogens (primary N) is 1. The molecule has 6 heteroatoms. The van der Waals surface area contributed by atoms with Gasteiger partial charge in [-0.05, 0) is 30.0 Å². The van der Waals surface area contributed by atoms with Crippen LogP contribution < -0.4 is 11.1 Å². The number of amides is 2. The van der Waals surface area contributed by atoms with Crippen molar-refractivity contribution in [3.8, 4) is 0 Å². The average Bonchev–Trinajstić information content (AvgIpc) is 3.38. The van der Waals surface area contributed by atoms with Crippen molar-refractivity contribution in [2.75, 3.05) is 25.4 Å². The maximum absolute atomic E-state index is 13.0. The molecule has 4 rings (SSSR count). The highest BCUT2D eigenvalue weighted by molar-refractivity contribution is 5.94. The van der Waals surface area contributed by atoms with E-state index in [1.54, 1.807) is 6.07 Å². The first-order chi connectivity index (χ1) is 15.1. The lowest BCUT2D eigenvalue weighted by atomic mass is 9.98. The second kappa shape index (κ2) is 9.51. The third-order valence-electron chi connectivity index (χ3n) is 5.67. The molecule has 3 N–H and O–H groups in total. The Hall–Kier alpha value is -3.54. The highest BCUT2D eigenvalue weighted by atomic mass is 16.2. The number of aromatic nitrogens is 1. The molecule has 6 nitrogen and oxygen atoms in total. The first kappa shape index (κ1) is 20.7. The highest BCUT2D eigenvalue weighted by Crippen LogP contribution is 2.30. The van der Waals surface area contributed by atoms with Gasteiger partial charge in [0.25, 0.3) is 5.91 Å². The fourth-order valence-corrected chi connectivity index (χ4v) is 4.18. The fourth-order valence-electron chi connectivity index (χ4n) is 4.18. The van der Waals surface area contributed by atoms with Crippen LogP contribution in [0.2, 0.25) is 0 Å². The maximum Gasteiger partial charge on any atom is 0.268 e. The van der Waals surface area contributed by atoms with Crippen molar-refractivity contribution in [3.05, 3.63) is 89.7 Å². The molecule has 0 aliphatic carbocycles. The average molecular weight is 417 g/mol. The molecule has 2 amide bonds. The first-order valence-electron chi connectivity index (χ1n) is 10.8. The zero-order chi connectivity index (χ0) is 21.6. The Morgan fingerprint density at radius 2 is 1.68 bits per heavy atom. The summed E-state index contributed by atoms with van der Waals surface area (Å²) in [5, 5.41) is 3.00. The molecule has 3 aromatic rings. The molecule has 0 atom stereocenters. The van der Waals surface area contributed by atoms with Crippen LogP contribution in [-0.4, -0.2) is 40.9 Å². The van der Waals surface area contributed by atoms with Crippen LogP contribution in [0.1, 0.15) is 46.9 Å². The Balaban J connectivity index is 1.53. The lowest BCUT2D eigenvalue weighted by Gasteiger charge is -2.23. The summed E-state index contributed by atoms with van der Waals surface area (Å²) in [6.07, 6.45) is 4.12. The lowest BCUT2D eigenvalue weighted by Crippen LogP contribution is -2.32. The van der Waals surface area contributed by atoms with Crippen molar-refractivity contribution in [1.29, 1.82) is 0 Å². The van der Waals surface area contributed by atoms with Crippen molar-refractivity contribution in [2.24, 2.45) is 0 Å². The van der Waals surface area contributed by atoms with Gasteiger partial charge in [0, 0.05) is 32.3 Å². The summed E-state index contributed by atoms with van der Waals surface area (Å²) in [7, 11) is 0. The van der Waals surface area contributed by atoms with Crippen LogP contribution in [0.25, 0.3) is 0 Å².